The number of rotatable bonds is 15. The molecule has 1 aliphatic rings. The molecular weight excluding hydrogens is 1080 g/mol. The van der Waals surface area contributed by atoms with Gasteiger partial charge < -0.3 is 37.5 Å². The van der Waals surface area contributed by atoms with Crippen LogP contribution in [0.5, 0.6) is 0 Å². The number of aromatic amines is 3. The number of benzene rings is 9. The molecule has 85 heavy (non-hydrogen) atoms. The summed E-state index contributed by atoms with van der Waals surface area (Å²) in [6.45, 7) is 0. The van der Waals surface area contributed by atoms with Crippen LogP contribution in [0.3, 0.4) is 0 Å². The van der Waals surface area contributed by atoms with Crippen molar-refractivity contribution >= 4 is 51.4 Å². The van der Waals surface area contributed by atoms with Gasteiger partial charge in [0, 0.05) is 36.9 Å². The van der Waals surface area contributed by atoms with Gasteiger partial charge >= 0.3 is 11.9 Å². The first-order valence-corrected chi connectivity index (χ1v) is 27.6. The molecule has 2 aromatic heterocycles. The highest BCUT2D eigenvalue weighted by molar-refractivity contribution is 5.96. The average molecular weight is 1140 g/mol. The van der Waals surface area contributed by atoms with Crippen LogP contribution < -0.4 is 28.2 Å². The molecule has 0 spiro atoms. The second-order valence-electron chi connectivity index (χ2n) is 20.7. The number of carbonyl (C=O) groups excluding carboxylic acids is 4. The minimum absolute atomic E-state index is 0.0537. The Kier molecular flexibility index (Phi) is 17.4. The van der Waals surface area contributed by atoms with Crippen LogP contribution in [0.4, 0.5) is 18.9 Å². The molecule has 0 bridgehead atoms. The zero-order chi connectivity index (χ0) is 59.6. The SMILES string of the molecule is NC(=O)CCc1cc(-c2ccccc2)ccc1-c1ccc2[nH]c(=O)[nH]c2c1.NC(=O)CCc1cc(-c2ccccc2)ccc1-c1ccc2c(c1)NC(=O)CC2.NC(=O)CCc1cc(-c2ccccc2)ccc1-c1cccc2[nH]c(C(F)(F)F)nc12. The normalized spacial score (nSPS) is 11.9. The lowest BCUT2D eigenvalue weighted by Gasteiger charge is -2.19. The topological polar surface area (TPSA) is 236 Å². The van der Waals surface area contributed by atoms with Gasteiger partial charge in [-0.3, -0.25) is 19.2 Å². The van der Waals surface area contributed by atoms with Crippen molar-refractivity contribution in [2.45, 2.75) is 57.5 Å². The van der Waals surface area contributed by atoms with Crippen LogP contribution in [0.1, 0.15) is 53.8 Å². The Morgan fingerprint density at radius 1 is 0.424 bits per heavy atom. The monoisotopic (exact) mass is 1140 g/mol. The Hall–Kier alpha value is -10.6. The number of H-pyrrole nitrogens is 3. The second-order valence-corrected chi connectivity index (χ2v) is 20.7. The number of hydrogen-bond acceptors (Lipinski definition) is 6. The summed E-state index contributed by atoms with van der Waals surface area (Å²) in [6.07, 6.45) is -1.04. The summed E-state index contributed by atoms with van der Waals surface area (Å²) in [4.78, 5) is 69.1. The Bertz CT molecular complexity index is 4310. The number of hydrogen-bond donors (Lipinski definition) is 7. The smallest absolute Gasteiger partial charge is 0.370 e. The number of imidazole rings is 2. The van der Waals surface area contributed by atoms with E-state index in [1.165, 1.54) is 0 Å². The van der Waals surface area contributed by atoms with E-state index in [9.17, 15) is 37.1 Å². The van der Waals surface area contributed by atoms with Gasteiger partial charge in [0.1, 0.15) is 0 Å². The number of fused-ring (bicyclic) bond motifs is 3. The molecule has 10 N–H and O–H groups in total. The molecule has 0 unspecified atom stereocenters. The van der Waals surface area contributed by atoms with Crippen LogP contribution in [-0.4, -0.2) is 43.6 Å². The van der Waals surface area contributed by atoms with Crippen molar-refractivity contribution in [3.8, 4) is 66.8 Å². The van der Waals surface area contributed by atoms with E-state index in [0.717, 1.165) is 107 Å². The number of nitrogens with two attached hydrogens (primary N) is 3. The quantitative estimate of drug-likeness (QED) is 0.0527. The molecule has 13 nitrogen and oxygen atoms in total. The lowest BCUT2D eigenvalue weighted by Crippen LogP contribution is -2.18. The number of aromatic nitrogens is 4. The zero-order valence-corrected chi connectivity index (χ0v) is 46.1. The third-order valence-electron chi connectivity index (χ3n) is 14.8. The van der Waals surface area contributed by atoms with Crippen LogP contribution >= 0.6 is 0 Å². The average Bonchev–Trinajstić information content (AvgIpc) is 2.51. The Balaban J connectivity index is 0.000000142. The minimum atomic E-state index is -4.57. The highest BCUT2D eigenvalue weighted by Gasteiger charge is 2.35. The van der Waals surface area contributed by atoms with Gasteiger partial charge in [-0.05, 0) is 133 Å². The molecule has 0 atom stereocenters. The summed E-state index contributed by atoms with van der Waals surface area (Å²) in [5.41, 5.74) is 34.7. The predicted octanol–water partition coefficient (Wildman–Crippen LogP) is 13.3. The molecule has 0 fully saturated rings. The molecule has 0 saturated carbocycles. The van der Waals surface area contributed by atoms with Crippen molar-refractivity contribution < 1.29 is 32.3 Å². The molecule has 0 aliphatic carbocycles. The fourth-order valence-electron chi connectivity index (χ4n) is 10.6. The van der Waals surface area contributed by atoms with Crippen molar-refractivity contribution in [1.29, 1.82) is 0 Å². The Morgan fingerprint density at radius 3 is 1.39 bits per heavy atom. The maximum Gasteiger partial charge on any atom is 0.449 e. The number of amides is 4. The van der Waals surface area contributed by atoms with Crippen LogP contribution in [-0.2, 0) is 51.0 Å². The maximum absolute atomic E-state index is 13.1. The summed E-state index contributed by atoms with van der Waals surface area (Å²) in [6, 6.07) is 65.2. The lowest BCUT2D eigenvalue weighted by molar-refractivity contribution is -0.144. The molecular formula is C69H59F3N8O5. The maximum atomic E-state index is 13.1. The molecule has 3 heterocycles. The fraction of sp³-hybridized carbons (Fsp3) is 0.130. The van der Waals surface area contributed by atoms with Crippen molar-refractivity contribution in [3.63, 3.8) is 0 Å². The molecule has 1 aliphatic heterocycles. The molecule has 11 aromatic rings. The highest BCUT2D eigenvalue weighted by atomic mass is 19.4. The molecule has 426 valence electrons. The third-order valence-corrected chi connectivity index (χ3v) is 14.8. The van der Waals surface area contributed by atoms with Crippen LogP contribution in [0, 0.1) is 0 Å². The van der Waals surface area contributed by atoms with Crippen LogP contribution in [0.25, 0.3) is 88.8 Å². The molecule has 4 amide bonds. The minimum Gasteiger partial charge on any atom is -0.370 e. The standard InChI is InChI=1S/C24H22N2O2.C23H18F3N3O.C22H19N3O2/c25-23(27)12-9-19-14-18(16-4-2-1-3-5-16)8-11-21(19)20-7-6-17-10-13-24(28)26-22(17)15-20;24-23(25,26)22-28-19-8-4-7-18(21(19)29-22)17-11-9-15(14-5-2-1-3-6-14)13-16(17)10-12-20(27)30;23-21(26)11-8-16-12-15(14-4-2-1-3-5-14)6-9-18(16)17-7-10-19-20(13-17)25-22(27)24-19/h1-8,11,14-15H,9-10,12-13H2,(H2,25,27)(H,26,28);1-9,11,13H,10,12H2,(H2,27,30)(H,28,29);1-7,9-10,12-13H,8,11H2,(H2,23,26)(H2,24,25,27). The van der Waals surface area contributed by atoms with Gasteiger partial charge in [0.05, 0.1) is 22.1 Å². The summed E-state index contributed by atoms with van der Waals surface area (Å²) in [5, 5.41) is 2.96. The molecule has 12 rings (SSSR count). The summed E-state index contributed by atoms with van der Waals surface area (Å²) >= 11 is 0. The van der Waals surface area contributed by atoms with Crippen molar-refractivity contribution in [3.05, 3.63) is 239 Å². The second kappa shape index (κ2) is 25.7. The van der Waals surface area contributed by atoms with E-state index in [2.05, 4.69) is 98.0 Å². The van der Waals surface area contributed by atoms with Crippen molar-refractivity contribution in [1.82, 2.24) is 19.9 Å². The van der Waals surface area contributed by atoms with Gasteiger partial charge in [-0.2, -0.15) is 13.2 Å². The van der Waals surface area contributed by atoms with E-state index < -0.39 is 17.9 Å². The first-order chi connectivity index (χ1) is 41.0. The van der Waals surface area contributed by atoms with Gasteiger partial charge in [-0.1, -0.05) is 176 Å². The van der Waals surface area contributed by atoms with E-state index >= 15 is 0 Å². The molecule has 16 heteroatoms. The molecule has 0 saturated heterocycles. The first kappa shape index (κ1) is 57.6. The highest BCUT2D eigenvalue weighted by Crippen LogP contribution is 2.38. The number of halogens is 3. The van der Waals surface area contributed by atoms with Gasteiger partial charge in [0.15, 0.2) is 0 Å². The van der Waals surface area contributed by atoms with Gasteiger partial charge in [-0.25, -0.2) is 9.78 Å². The van der Waals surface area contributed by atoms with Crippen molar-refractivity contribution in [2.24, 2.45) is 17.2 Å². The number of para-hydroxylation sites is 1. The number of carbonyl (C=O) groups is 4. The van der Waals surface area contributed by atoms with Gasteiger partial charge in [0.2, 0.25) is 29.5 Å². The van der Waals surface area contributed by atoms with E-state index in [0.29, 0.717) is 43.2 Å². The van der Waals surface area contributed by atoms with Crippen LogP contribution in [0.2, 0.25) is 0 Å². The van der Waals surface area contributed by atoms with E-state index in [4.69, 9.17) is 17.2 Å². The third kappa shape index (κ3) is 14.2. The summed E-state index contributed by atoms with van der Waals surface area (Å²) in [5.74, 6) is -2.06. The molecule has 9 aromatic carbocycles. The van der Waals surface area contributed by atoms with Gasteiger partial charge in [0.25, 0.3) is 0 Å². The number of anilines is 1. The number of aryl methyl sites for hydroxylation is 4. The van der Waals surface area contributed by atoms with Crippen LogP contribution in [0.15, 0.2) is 205 Å². The largest absolute Gasteiger partial charge is 0.449 e. The predicted molar refractivity (Wildman–Crippen MR) is 329 cm³/mol. The van der Waals surface area contributed by atoms with E-state index in [1.807, 2.05) is 109 Å². The van der Waals surface area contributed by atoms with E-state index in [1.54, 1.807) is 18.2 Å². The molecule has 0 radical (unpaired) electrons. The number of nitrogens with zero attached hydrogens (tertiary/aromatic N) is 1. The summed E-state index contributed by atoms with van der Waals surface area (Å²) in [7, 11) is 0. The van der Waals surface area contributed by atoms with Gasteiger partial charge in [-0.15, -0.1) is 0 Å². The Labute approximate surface area is 487 Å². The fourth-order valence-corrected chi connectivity index (χ4v) is 10.6. The van der Waals surface area contributed by atoms with E-state index in [-0.39, 0.29) is 41.8 Å². The number of nitrogens with one attached hydrogen (secondary N) is 4. The number of alkyl halides is 3. The number of primary amides is 3. The first-order valence-electron chi connectivity index (χ1n) is 27.6. The Morgan fingerprint density at radius 2 is 0.882 bits per heavy atom. The van der Waals surface area contributed by atoms with Crippen molar-refractivity contribution in [2.75, 3.05) is 5.32 Å². The summed E-state index contributed by atoms with van der Waals surface area (Å²) < 4.78 is 39.4. The lowest BCUT2D eigenvalue weighted by atomic mass is 9.91. The zero-order valence-electron chi connectivity index (χ0n) is 46.1.